The van der Waals surface area contributed by atoms with E-state index >= 15 is 0 Å². The fraction of sp³-hybridized carbons (Fsp3) is 0. The molecule has 0 saturated heterocycles. The number of carbonyl (C=O) groups is 2. The van der Waals surface area contributed by atoms with Gasteiger partial charge in [0, 0.05) is 11.1 Å². The van der Waals surface area contributed by atoms with Gasteiger partial charge in [0.05, 0.1) is 10.9 Å². The molecule has 3 aromatic rings. The lowest BCUT2D eigenvalue weighted by molar-refractivity contribution is 0.0976. The van der Waals surface area contributed by atoms with Gasteiger partial charge in [0.25, 0.3) is 5.91 Å². The van der Waals surface area contributed by atoms with Gasteiger partial charge in [-0.3, -0.25) is 20.0 Å². The number of anilines is 1. The minimum absolute atomic E-state index is 0.0148. The Morgan fingerprint density at radius 1 is 1.12 bits per heavy atom. The highest BCUT2D eigenvalue weighted by Gasteiger charge is 2.16. The molecule has 0 aliphatic heterocycles. The molecule has 0 saturated carbocycles. The van der Waals surface area contributed by atoms with Crippen molar-refractivity contribution in [3.05, 3.63) is 58.9 Å². The zero-order valence-corrected chi connectivity index (χ0v) is 13.6. The molecule has 3 rings (SSSR count). The van der Waals surface area contributed by atoms with Crippen LogP contribution in [0.5, 0.6) is 0 Å². The minimum Gasteiger partial charge on any atom is -0.315 e. The van der Waals surface area contributed by atoms with Crippen LogP contribution in [0.15, 0.2) is 30.3 Å². The molecule has 1 aromatic heterocycles. The molecule has 3 N–H and O–H groups in total. The van der Waals surface area contributed by atoms with E-state index in [-0.39, 0.29) is 33.0 Å². The van der Waals surface area contributed by atoms with Crippen LogP contribution in [-0.4, -0.2) is 27.5 Å². The zero-order chi connectivity index (χ0) is 18.8. The number of benzene rings is 2. The normalized spacial score (nSPS) is 10.6. The third-order valence-electron chi connectivity index (χ3n) is 3.47. The summed E-state index contributed by atoms with van der Waals surface area (Å²) in [5.41, 5.74) is 0.199. The Bertz CT molecular complexity index is 1050. The first-order chi connectivity index (χ1) is 12.4. The van der Waals surface area contributed by atoms with Crippen molar-refractivity contribution in [3.63, 3.8) is 0 Å². The highest BCUT2D eigenvalue weighted by molar-refractivity contribution is 7.80. The summed E-state index contributed by atoms with van der Waals surface area (Å²) in [5.74, 6) is -3.77. The van der Waals surface area contributed by atoms with Crippen molar-refractivity contribution in [1.29, 1.82) is 0 Å². The summed E-state index contributed by atoms with van der Waals surface area (Å²) < 4.78 is 40.1. The molecule has 0 atom stereocenters. The van der Waals surface area contributed by atoms with E-state index in [1.807, 2.05) is 0 Å². The predicted molar refractivity (Wildman–Crippen MR) is 91.5 cm³/mol. The van der Waals surface area contributed by atoms with Gasteiger partial charge >= 0.3 is 0 Å². The number of hydrogen-bond acceptors (Lipinski definition) is 4. The summed E-state index contributed by atoms with van der Waals surface area (Å²) in [6.07, 6.45) is 0.535. The van der Waals surface area contributed by atoms with Crippen LogP contribution in [-0.2, 0) is 0 Å². The van der Waals surface area contributed by atoms with Gasteiger partial charge in [0.1, 0.15) is 5.82 Å². The third kappa shape index (κ3) is 3.26. The molecular formula is C16H9F3N4O2S. The zero-order valence-electron chi connectivity index (χ0n) is 12.8. The van der Waals surface area contributed by atoms with Gasteiger partial charge in [-0.15, -0.1) is 0 Å². The lowest BCUT2D eigenvalue weighted by Gasteiger charge is -2.08. The van der Waals surface area contributed by atoms with Crippen molar-refractivity contribution >= 4 is 46.2 Å². The fourth-order valence-corrected chi connectivity index (χ4v) is 2.44. The molecule has 0 aliphatic carbocycles. The number of amides is 1. The Morgan fingerprint density at radius 2 is 1.85 bits per heavy atom. The van der Waals surface area contributed by atoms with E-state index in [9.17, 15) is 22.8 Å². The number of aromatic amines is 1. The standard InChI is InChI=1S/C16H9F3N4O2S/c17-9-3-1-7(5-11(9)19)15(25)21-16(26)20-14-12-10(18)4-2-8(6-24)13(12)22-23-14/h1-6H,(H3,20,21,22,23,25,26). The molecule has 26 heavy (non-hydrogen) atoms. The Balaban J connectivity index is 1.80. The molecule has 0 spiro atoms. The van der Waals surface area contributed by atoms with E-state index in [2.05, 4.69) is 20.8 Å². The number of H-pyrrole nitrogens is 1. The number of nitrogens with one attached hydrogen (secondary N) is 3. The highest BCUT2D eigenvalue weighted by Crippen LogP contribution is 2.25. The van der Waals surface area contributed by atoms with Crippen molar-refractivity contribution in [2.24, 2.45) is 0 Å². The van der Waals surface area contributed by atoms with Gasteiger partial charge in [0.2, 0.25) is 0 Å². The van der Waals surface area contributed by atoms with E-state index < -0.39 is 23.4 Å². The van der Waals surface area contributed by atoms with Crippen molar-refractivity contribution in [2.45, 2.75) is 0 Å². The molecule has 0 unspecified atom stereocenters. The highest BCUT2D eigenvalue weighted by atomic mass is 32.1. The number of rotatable bonds is 3. The Labute approximate surface area is 149 Å². The number of hydrogen-bond donors (Lipinski definition) is 3. The lowest BCUT2D eigenvalue weighted by atomic mass is 10.1. The van der Waals surface area contributed by atoms with E-state index in [1.165, 1.54) is 6.07 Å². The number of thiocarbonyl (C=S) groups is 1. The second-order valence-corrected chi connectivity index (χ2v) is 5.52. The second kappa shape index (κ2) is 6.92. The molecule has 2 aromatic carbocycles. The average molecular weight is 378 g/mol. The van der Waals surface area contributed by atoms with E-state index in [1.54, 1.807) is 0 Å². The first-order valence-corrected chi connectivity index (χ1v) is 7.50. The number of halogens is 3. The van der Waals surface area contributed by atoms with Crippen LogP contribution in [0, 0.1) is 17.5 Å². The lowest BCUT2D eigenvalue weighted by Crippen LogP contribution is -2.34. The summed E-state index contributed by atoms with van der Waals surface area (Å²) in [6, 6.07) is 4.98. The molecular weight excluding hydrogens is 369 g/mol. The molecule has 10 heteroatoms. The average Bonchev–Trinajstić information content (AvgIpc) is 3.02. The van der Waals surface area contributed by atoms with Gasteiger partial charge in [-0.2, -0.15) is 5.10 Å². The van der Waals surface area contributed by atoms with Crippen molar-refractivity contribution in [3.8, 4) is 0 Å². The summed E-state index contributed by atoms with van der Waals surface area (Å²) in [4.78, 5) is 23.0. The van der Waals surface area contributed by atoms with Crippen LogP contribution in [0.4, 0.5) is 19.0 Å². The summed E-state index contributed by atoms with van der Waals surface area (Å²) >= 11 is 4.95. The topological polar surface area (TPSA) is 86.9 Å². The van der Waals surface area contributed by atoms with Crippen LogP contribution in [0.3, 0.4) is 0 Å². The van der Waals surface area contributed by atoms with E-state index in [0.29, 0.717) is 12.4 Å². The van der Waals surface area contributed by atoms with Crippen LogP contribution in [0.1, 0.15) is 20.7 Å². The first-order valence-electron chi connectivity index (χ1n) is 7.10. The maximum Gasteiger partial charge on any atom is 0.257 e. The molecule has 6 nitrogen and oxygen atoms in total. The predicted octanol–water partition coefficient (Wildman–Crippen LogP) is 2.92. The number of nitrogens with zero attached hydrogens (tertiary/aromatic N) is 1. The molecule has 132 valence electrons. The minimum atomic E-state index is -1.18. The molecule has 1 amide bonds. The smallest absolute Gasteiger partial charge is 0.257 e. The monoisotopic (exact) mass is 378 g/mol. The SMILES string of the molecule is O=Cc1ccc(F)c2c(NC(=S)NC(=O)c3ccc(F)c(F)c3)n[nH]c12. The maximum atomic E-state index is 14.0. The molecule has 0 aliphatic rings. The van der Waals surface area contributed by atoms with Gasteiger partial charge in [-0.05, 0) is 42.5 Å². The summed E-state index contributed by atoms with van der Waals surface area (Å²) in [5, 5.41) is 10.8. The first kappa shape index (κ1) is 17.5. The summed E-state index contributed by atoms with van der Waals surface area (Å²) in [6.45, 7) is 0. The van der Waals surface area contributed by atoms with E-state index in [4.69, 9.17) is 12.2 Å². The van der Waals surface area contributed by atoms with Crippen LogP contribution in [0.25, 0.3) is 10.9 Å². The van der Waals surface area contributed by atoms with Crippen molar-refractivity contribution in [2.75, 3.05) is 5.32 Å². The molecule has 0 radical (unpaired) electrons. The van der Waals surface area contributed by atoms with Gasteiger partial charge in [0.15, 0.2) is 28.9 Å². The van der Waals surface area contributed by atoms with Crippen molar-refractivity contribution in [1.82, 2.24) is 15.5 Å². The van der Waals surface area contributed by atoms with Crippen molar-refractivity contribution < 1.29 is 22.8 Å². The molecule has 0 bridgehead atoms. The van der Waals surface area contributed by atoms with Crippen LogP contribution < -0.4 is 10.6 Å². The number of aromatic nitrogens is 2. The quantitative estimate of drug-likeness (QED) is 0.482. The third-order valence-corrected chi connectivity index (χ3v) is 3.67. The summed E-state index contributed by atoms with van der Waals surface area (Å²) in [7, 11) is 0. The number of carbonyl (C=O) groups excluding carboxylic acids is 2. The van der Waals surface area contributed by atoms with E-state index in [0.717, 1.165) is 18.2 Å². The maximum absolute atomic E-state index is 14.0. The number of fused-ring (bicyclic) bond motifs is 1. The van der Waals surface area contributed by atoms with Gasteiger partial charge in [-0.1, -0.05) is 0 Å². The Hall–Kier alpha value is -3.27. The second-order valence-electron chi connectivity index (χ2n) is 5.11. The Morgan fingerprint density at radius 3 is 2.54 bits per heavy atom. The van der Waals surface area contributed by atoms with Crippen LogP contribution >= 0.6 is 12.2 Å². The molecule has 0 fully saturated rings. The number of aldehydes is 1. The largest absolute Gasteiger partial charge is 0.315 e. The van der Waals surface area contributed by atoms with Crippen LogP contribution in [0.2, 0.25) is 0 Å². The molecule has 1 heterocycles. The fourth-order valence-electron chi connectivity index (χ4n) is 2.25. The van der Waals surface area contributed by atoms with Gasteiger partial charge in [-0.25, -0.2) is 13.2 Å². The van der Waals surface area contributed by atoms with Gasteiger partial charge < -0.3 is 5.32 Å². The Kier molecular flexibility index (Phi) is 4.67.